The number of piperidine rings is 1. The van der Waals surface area contributed by atoms with Gasteiger partial charge in [-0.3, -0.25) is 14.6 Å². The fourth-order valence-corrected chi connectivity index (χ4v) is 3.98. The molecule has 5 nitrogen and oxygen atoms in total. The van der Waals surface area contributed by atoms with Crippen LogP contribution in [0.1, 0.15) is 24.3 Å². The number of pyridine rings is 1. The van der Waals surface area contributed by atoms with Gasteiger partial charge in [0.25, 0.3) is 0 Å². The molecular formula is C22H17ClF3N3O2. The summed E-state index contributed by atoms with van der Waals surface area (Å²) in [5.41, 5.74) is 1.18. The van der Waals surface area contributed by atoms with E-state index in [0.29, 0.717) is 31.4 Å². The van der Waals surface area contributed by atoms with Crippen LogP contribution >= 0.6 is 11.6 Å². The molecule has 1 fully saturated rings. The Morgan fingerprint density at radius 3 is 2.52 bits per heavy atom. The Hall–Kier alpha value is -3.13. The van der Waals surface area contributed by atoms with Crippen molar-refractivity contribution in [2.45, 2.75) is 18.8 Å². The van der Waals surface area contributed by atoms with Crippen LogP contribution in [0.4, 0.5) is 18.9 Å². The Labute approximate surface area is 180 Å². The molecule has 1 aliphatic heterocycles. The number of nitrogens with zero attached hydrogens (tertiary/aromatic N) is 2. The van der Waals surface area contributed by atoms with Gasteiger partial charge in [-0.05, 0) is 54.7 Å². The quantitative estimate of drug-likeness (QED) is 0.459. The van der Waals surface area contributed by atoms with E-state index in [1.807, 2.05) is 6.07 Å². The SMILES string of the molecule is O=C(Nc1cc(F)c(Cl)cc1F)C(=O)N1CCC(c2ccnc3ccc(F)cc23)CC1. The van der Waals surface area contributed by atoms with Crippen molar-refractivity contribution in [2.75, 3.05) is 18.4 Å². The number of carbonyl (C=O) groups excluding carboxylic acids is 2. The van der Waals surface area contributed by atoms with Crippen LogP contribution in [0.2, 0.25) is 5.02 Å². The van der Waals surface area contributed by atoms with E-state index in [4.69, 9.17) is 11.6 Å². The zero-order valence-corrected chi connectivity index (χ0v) is 16.9. The van der Waals surface area contributed by atoms with E-state index in [2.05, 4.69) is 10.3 Å². The van der Waals surface area contributed by atoms with Crippen molar-refractivity contribution in [1.29, 1.82) is 0 Å². The number of likely N-dealkylation sites (tertiary alicyclic amines) is 1. The second-order valence-corrected chi connectivity index (χ2v) is 7.74. The van der Waals surface area contributed by atoms with Crippen LogP contribution in [0, 0.1) is 17.5 Å². The number of benzene rings is 2. The van der Waals surface area contributed by atoms with Crippen molar-refractivity contribution < 1.29 is 22.8 Å². The van der Waals surface area contributed by atoms with Crippen LogP contribution in [0.3, 0.4) is 0 Å². The molecule has 0 radical (unpaired) electrons. The first kappa shape index (κ1) is 21.1. The molecule has 3 aromatic rings. The minimum Gasteiger partial charge on any atom is -0.334 e. The van der Waals surface area contributed by atoms with Crippen molar-refractivity contribution >= 4 is 40.0 Å². The molecule has 1 saturated heterocycles. The lowest BCUT2D eigenvalue weighted by Crippen LogP contribution is -2.44. The first-order valence-electron chi connectivity index (χ1n) is 9.62. The van der Waals surface area contributed by atoms with Gasteiger partial charge in [0.2, 0.25) is 0 Å². The lowest BCUT2D eigenvalue weighted by Gasteiger charge is -2.32. The monoisotopic (exact) mass is 447 g/mol. The summed E-state index contributed by atoms with van der Waals surface area (Å²) in [6.07, 6.45) is 2.80. The third-order valence-corrected chi connectivity index (χ3v) is 5.70. The molecule has 0 saturated carbocycles. The normalized spacial score (nSPS) is 14.6. The first-order chi connectivity index (χ1) is 14.8. The van der Waals surface area contributed by atoms with E-state index in [1.54, 1.807) is 12.3 Å². The van der Waals surface area contributed by atoms with E-state index in [9.17, 15) is 22.8 Å². The van der Waals surface area contributed by atoms with Crippen LogP contribution in [-0.4, -0.2) is 34.8 Å². The van der Waals surface area contributed by atoms with Gasteiger partial charge in [0, 0.05) is 30.7 Å². The molecule has 2 aromatic carbocycles. The van der Waals surface area contributed by atoms with Gasteiger partial charge in [-0.15, -0.1) is 0 Å². The summed E-state index contributed by atoms with van der Waals surface area (Å²) >= 11 is 5.49. The van der Waals surface area contributed by atoms with Crippen molar-refractivity contribution in [3.8, 4) is 0 Å². The highest BCUT2D eigenvalue weighted by atomic mass is 35.5. The predicted octanol–water partition coefficient (Wildman–Crippen LogP) is 4.65. The van der Waals surface area contributed by atoms with Crippen LogP contribution in [-0.2, 0) is 9.59 Å². The summed E-state index contributed by atoms with van der Waals surface area (Å²) in [4.78, 5) is 30.3. The van der Waals surface area contributed by atoms with Gasteiger partial charge in [0.15, 0.2) is 0 Å². The van der Waals surface area contributed by atoms with E-state index in [1.165, 1.54) is 17.0 Å². The molecule has 0 atom stereocenters. The highest BCUT2D eigenvalue weighted by Crippen LogP contribution is 2.33. The molecule has 0 spiro atoms. The maximum absolute atomic E-state index is 13.9. The molecule has 0 aliphatic carbocycles. The summed E-state index contributed by atoms with van der Waals surface area (Å²) in [7, 11) is 0. The van der Waals surface area contributed by atoms with E-state index >= 15 is 0 Å². The number of aromatic nitrogens is 1. The number of fused-ring (bicyclic) bond motifs is 1. The summed E-state index contributed by atoms with van der Waals surface area (Å²) < 4.78 is 41.1. The fourth-order valence-electron chi connectivity index (χ4n) is 3.83. The van der Waals surface area contributed by atoms with Gasteiger partial charge in [0.1, 0.15) is 17.5 Å². The zero-order valence-electron chi connectivity index (χ0n) is 16.2. The minimum absolute atomic E-state index is 0.0715. The van der Waals surface area contributed by atoms with Crippen LogP contribution < -0.4 is 5.32 Å². The third kappa shape index (κ3) is 4.34. The predicted molar refractivity (Wildman–Crippen MR) is 110 cm³/mol. The summed E-state index contributed by atoms with van der Waals surface area (Å²) in [6.45, 7) is 0.598. The van der Waals surface area contributed by atoms with Crippen molar-refractivity contribution in [1.82, 2.24) is 9.88 Å². The van der Waals surface area contributed by atoms with Crippen molar-refractivity contribution in [2.24, 2.45) is 0 Å². The number of amides is 2. The zero-order chi connectivity index (χ0) is 22.1. The molecule has 0 unspecified atom stereocenters. The fraction of sp³-hybridized carbons (Fsp3) is 0.227. The Morgan fingerprint density at radius 1 is 1.03 bits per heavy atom. The molecule has 1 aromatic heterocycles. The number of anilines is 1. The summed E-state index contributed by atoms with van der Waals surface area (Å²) in [5, 5.41) is 2.40. The Balaban J connectivity index is 1.43. The Kier molecular flexibility index (Phi) is 5.82. The maximum Gasteiger partial charge on any atom is 0.313 e. The average Bonchev–Trinajstić information content (AvgIpc) is 2.76. The minimum atomic E-state index is -1.06. The van der Waals surface area contributed by atoms with Gasteiger partial charge in [-0.25, -0.2) is 13.2 Å². The molecule has 1 aliphatic rings. The molecule has 2 amide bonds. The van der Waals surface area contributed by atoms with Gasteiger partial charge in [0.05, 0.1) is 16.2 Å². The van der Waals surface area contributed by atoms with E-state index < -0.39 is 34.2 Å². The first-order valence-corrected chi connectivity index (χ1v) is 10.00. The van der Waals surface area contributed by atoms with Gasteiger partial charge < -0.3 is 10.2 Å². The van der Waals surface area contributed by atoms with Crippen LogP contribution in [0.5, 0.6) is 0 Å². The number of halogens is 4. The lowest BCUT2D eigenvalue weighted by atomic mass is 9.87. The second-order valence-electron chi connectivity index (χ2n) is 7.33. The molecule has 160 valence electrons. The number of rotatable bonds is 2. The highest BCUT2D eigenvalue weighted by molar-refractivity contribution is 6.39. The number of hydrogen-bond donors (Lipinski definition) is 1. The Morgan fingerprint density at radius 2 is 1.77 bits per heavy atom. The summed E-state index contributed by atoms with van der Waals surface area (Å²) in [6, 6.07) is 7.72. The van der Waals surface area contributed by atoms with Gasteiger partial charge in [-0.2, -0.15) is 0 Å². The number of nitrogens with one attached hydrogen (secondary N) is 1. The van der Waals surface area contributed by atoms with E-state index in [0.717, 1.165) is 23.1 Å². The maximum atomic E-state index is 13.9. The Bertz CT molecular complexity index is 1180. The standard InChI is InChI=1S/C22H17ClF3N3O2/c23-16-10-18(26)20(11-17(16)25)28-21(30)22(31)29-7-4-12(5-8-29)14-3-6-27-19-2-1-13(24)9-15(14)19/h1-3,6,9-12H,4-5,7-8H2,(H,28,30). The lowest BCUT2D eigenvalue weighted by molar-refractivity contribution is -0.143. The van der Waals surface area contributed by atoms with Gasteiger partial charge in [-0.1, -0.05) is 11.6 Å². The molecule has 4 rings (SSSR count). The summed E-state index contributed by atoms with van der Waals surface area (Å²) in [5.74, 6) is -4.02. The third-order valence-electron chi connectivity index (χ3n) is 5.41. The topological polar surface area (TPSA) is 62.3 Å². The second kappa shape index (κ2) is 8.55. The molecular weight excluding hydrogens is 431 g/mol. The smallest absolute Gasteiger partial charge is 0.313 e. The van der Waals surface area contributed by atoms with Crippen LogP contribution in [0.25, 0.3) is 10.9 Å². The number of carbonyl (C=O) groups is 2. The average molecular weight is 448 g/mol. The van der Waals surface area contributed by atoms with Crippen molar-refractivity contribution in [3.63, 3.8) is 0 Å². The van der Waals surface area contributed by atoms with Gasteiger partial charge >= 0.3 is 11.8 Å². The van der Waals surface area contributed by atoms with Crippen molar-refractivity contribution in [3.05, 3.63) is 70.6 Å². The molecule has 2 heterocycles. The molecule has 1 N–H and O–H groups in total. The number of hydrogen-bond acceptors (Lipinski definition) is 3. The molecule has 31 heavy (non-hydrogen) atoms. The molecule has 0 bridgehead atoms. The highest BCUT2D eigenvalue weighted by Gasteiger charge is 2.29. The van der Waals surface area contributed by atoms with E-state index in [-0.39, 0.29) is 11.7 Å². The molecule has 9 heteroatoms. The largest absolute Gasteiger partial charge is 0.334 e. The van der Waals surface area contributed by atoms with Crippen LogP contribution in [0.15, 0.2) is 42.6 Å².